The number of carbonyl (C=O) groups excluding carboxylic acids is 2. The van der Waals surface area contributed by atoms with E-state index in [2.05, 4.69) is 10.6 Å². The number of nitrogens with one attached hydrogen (secondary N) is 2. The highest BCUT2D eigenvalue weighted by Crippen LogP contribution is 2.26. The molecule has 0 spiro atoms. The van der Waals surface area contributed by atoms with Crippen LogP contribution >= 0.6 is 0 Å². The number of piperidine rings is 1. The second-order valence-electron chi connectivity index (χ2n) is 5.36. The molecule has 3 aliphatic rings. The van der Waals surface area contributed by atoms with Crippen LogP contribution < -0.4 is 10.6 Å². The standard InChI is InChI=1S/C12H19N3O2/c16-11-4-3-9(14-11)12(17)15-6-8-2-1-5-13-10(8)7-15/h8-10,13H,1-7H2,(H,14,16). The first-order chi connectivity index (χ1) is 8.24. The lowest BCUT2D eigenvalue weighted by molar-refractivity contribution is -0.133. The largest absolute Gasteiger partial charge is 0.344 e. The van der Waals surface area contributed by atoms with Crippen molar-refractivity contribution in [2.24, 2.45) is 5.92 Å². The number of fused-ring (bicyclic) bond motifs is 1. The molecule has 5 nitrogen and oxygen atoms in total. The maximum atomic E-state index is 12.2. The van der Waals surface area contributed by atoms with Crippen molar-refractivity contribution in [3.05, 3.63) is 0 Å². The van der Waals surface area contributed by atoms with Crippen molar-refractivity contribution in [2.75, 3.05) is 19.6 Å². The monoisotopic (exact) mass is 237 g/mol. The van der Waals surface area contributed by atoms with E-state index < -0.39 is 0 Å². The molecular formula is C12H19N3O2. The smallest absolute Gasteiger partial charge is 0.245 e. The highest BCUT2D eigenvalue weighted by atomic mass is 16.2. The topological polar surface area (TPSA) is 61.4 Å². The number of rotatable bonds is 1. The minimum Gasteiger partial charge on any atom is -0.344 e. The fourth-order valence-corrected chi connectivity index (χ4v) is 3.25. The molecular weight excluding hydrogens is 218 g/mol. The van der Waals surface area contributed by atoms with Gasteiger partial charge in [-0.2, -0.15) is 0 Å². The molecule has 5 heteroatoms. The molecule has 0 aromatic heterocycles. The molecule has 0 saturated carbocycles. The van der Waals surface area contributed by atoms with Gasteiger partial charge in [0.25, 0.3) is 0 Å². The van der Waals surface area contributed by atoms with Gasteiger partial charge in [-0.15, -0.1) is 0 Å². The van der Waals surface area contributed by atoms with Crippen LogP contribution in [0.15, 0.2) is 0 Å². The third kappa shape index (κ3) is 2.04. The van der Waals surface area contributed by atoms with Crippen molar-refractivity contribution >= 4 is 11.8 Å². The SMILES string of the molecule is O=C1CCC(C(=O)N2CC3CCCNC3C2)N1. The van der Waals surface area contributed by atoms with Gasteiger partial charge in [0.05, 0.1) is 0 Å². The van der Waals surface area contributed by atoms with Crippen LogP contribution in [0, 0.1) is 5.92 Å². The lowest BCUT2D eigenvalue weighted by Gasteiger charge is -2.24. The van der Waals surface area contributed by atoms with Gasteiger partial charge in [-0.05, 0) is 31.7 Å². The maximum Gasteiger partial charge on any atom is 0.245 e. The van der Waals surface area contributed by atoms with E-state index in [1.807, 2.05) is 4.90 Å². The summed E-state index contributed by atoms with van der Waals surface area (Å²) in [4.78, 5) is 25.3. The predicted molar refractivity (Wildman–Crippen MR) is 62.3 cm³/mol. The van der Waals surface area contributed by atoms with Gasteiger partial charge in [0.15, 0.2) is 0 Å². The number of hydrogen-bond donors (Lipinski definition) is 2. The molecule has 2 amide bonds. The van der Waals surface area contributed by atoms with Gasteiger partial charge in [0.2, 0.25) is 11.8 Å². The van der Waals surface area contributed by atoms with Gasteiger partial charge in [0, 0.05) is 25.6 Å². The molecule has 3 saturated heterocycles. The number of hydrogen-bond acceptors (Lipinski definition) is 3. The van der Waals surface area contributed by atoms with Crippen LogP contribution in [-0.4, -0.2) is 48.4 Å². The van der Waals surface area contributed by atoms with E-state index in [4.69, 9.17) is 0 Å². The molecule has 3 unspecified atom stereocenters. The normalized spacial score (nSPS) is 36.8. The lowest BCUT2D eigenvalue weighted by atomic mass is 9.94. The summed E-state index contributed by atoms with van der Waals surface area (Å²) in [6.07, 6.45) is 3.59. The van der Waals surface area contributed by atoms with Crippen LogP contribution in [0.3, 0.4) is 0 Å². The summed E-state index contributed by atoms with van der Waals surface area (Å²) < 4.78 is 0. The van der Waals surface area contributed by atoms with Gasteiger partial charge in [-0.3, -0.25) is 9.59 Å². The van der Waals surface area contributed by atoms with Gasteiger partial charge < -0.3 is 15.5 Å². The first-order valence-corrected chi connectivity index (χ1v) is 6.55. The molecule has 3 heterocycles. The van der Waals surface area contributed by atoms with E-state index >= 15 is 0 Å². The van der Waals surface area contributed by atoms with Crippen molar-refractivity contribution in [3.63, 3.8) is 0 Å². The summed E-state index contributed by atoms with van der Waals surface area (Å²) >= 11 is 0. The summed E-state index contributed by atoms with van der Waals surface area (Å²) in [6, 6.07) is 0.215. The Morgan fingerprint density at radius 2 is 2.18 bits per heavy atom. The van der Waals surface area contributed by atoms with Crippen LogP contribution in [0.25, 0.3) is 0 Å². The molecule has 3 rings (SSSR count). The molecule has 2 N–H and O–H groups in total. The number of likely N-dealkylation sites (tertiary alicyclic amines) is 1. The fourth-order valence-electron chi connectivity index (χ4n) is 3.25. The Labute approximate surface area is 101 Å². The summed E-state index contributed by atoms with van der Waals surface area (Å²) in [5, 5.41) is 6.25. The van der Waals surface area contributed by atoms with Gasteiger partial charge >= 0.3 is 0 Å². The summed E-state index contributed by atoms with van der Waals surface area (Å²) in [7, 11) is 0. The van der Waals surface area contributed by atoms with Crippen molar-refractivity contribution in [1.29, 1.82) is 0 Å². The summed E-state index contributed by atoms with van der Waals surface area (Å²) in [5.74, 6) is 0.745. The van der Waals surface area contributed by atoms with Crippen molar-refractivity contribution in [1.82, 2.24) is 15.5 Å². The van der Waals surface area contributed by atoms with Crippen LogP contribution in [-0.2, 0) is 9.59 Å². The summed E-state index contributed by atoms with van der Waals surface area (Å²) in [5.41, 5.74) is 0. The van der Waals surface area contributed by atoms with Crippen molar-refractivity contribution in [2.45, 2.75) is 37.8 Å². The molecule has 17 heavy (non-hydrogen) atoms. The first-order valence-electron chi connectivity index (χ1n) is 6.55. The minimum atomic E-state index is -0.261. The molecule has 3 fully saturated rings. The number of nitrogens with zero attached hydrogens (tertiary/aromatic N) is 1. The molecule has 0 aliphatic carbocycles. The third-order valence-electron chi connectivity index (χ3n) is 4.20. The van der Waals surface area contributed by atoms with Crippen molar-refractivity contribution in [3.8, 4) is 0 Å². The van der Waals surface area contributed by atoms with Gasteiger partial charge in [0.1, 0.15) is 6.04 Å². The number of amides is 2. The van der Waals surface area contributed by atoms with E-state index in [1.165, 1.54) is 12.8 Å². The van der Waals surface area contributed by atoms with Crippen LogP contribution in [0.4, 0.5) is 0 Å². The Morgan fingerprint density at radius 1 is 1.29 bits per heavy atom. The molecule has 3 aliphatic heterocycles. The zero-order valence-corrected chi connectivity index (χ0v) is 9.95. The second-order valence-corrected chi connectivity index (χ2v) is 5.36. The Morgan fingerprint density at radius 3 is 2.88 bits per heavy atom. The van der Waals surface area contributed by atoms with E-state index in [9.17, 15) is 9.59 Å². The quantitative estimate of drug-likeness (QED) is 0.645. The van der Waals surface area contributed by atoms with Gasteiger partial charge in [-0.1, -0.05) is 0 Å². The number of carbonyl (C=O) groups is 2. The van der Waals surface area contributed by atoms with Crippen LogP contribution in [0.5, 0.6) is 0 Å². The molecule has 0 aromatic rings. The van der Waals surface area contributed by atoms with E-state index in [0.29, 0.717) is 24.8 Å². The summed E-state index contributed by atoms with van der Waals surface area (Å²) in [6.45, 7) is 2.75. The molecule has 0 bridgehead atoms. The average Bonchev–Trinajstić information content (AvgIpc) is 2.93. The fraction of sp³-hybridized carbons (Fsp3) is 0.833. The van der Waals surface area contributed by atoms with Gasteiger partial charge in [-0.25, -0.2) is 0 Å². The zero-order chi connectivity index (χ0) is 11.8. The van der Waals surface area contributed by atoms with Crippen LogP contribution in [0.1, 0.15) is 25.7 Å². The van der Waals surface area contributed by atoms with E-state index in [0.717, 1.165) is 19.6 Å². The Hall–Kier alpha value is -1.10. The molecule has 94 valence electrons. The zero-order valence-electron chi connectivity index (χ0n) is 9.95. The second kappa shape index (κ2) is 4.29. The third-order valence-corrected chi connectivity index (χ3v) is 4.20. The Kier molecular flexibility index (Phi) is 2.78. The van der Waals surface area contributed by atoms with Crippen molar-refractivity contribution < 1.29 is 9.59 Å². The lowest BCUT2D eigenvalue weighted by Crippen LogP contribution is -2.45. The molecule has 3 atom stereocenters. The Bertz CT molecular complexity index is 331. The highest BCUT2D eigenvalue weighted by Gasteiger charge is 2.39. The van der Waals surface area contributed by atoms with Crippen LogP contribution in [0.2, 0.25) is 0 Å². The highest BCUT2D eigenvalue weighted by molar-refractivity contribution is 5.91. The average molecular weight is 237 g/mol. The maximum absolute atomic E-state index is 12.2. The van der Waals surface area contributed by atoms with E-state index in [-0.39, 0.29) is 17.9 Å². The minimum absolute atomic E-state index is 0.0121. The van der Waals surface area contributed by atoms with E-state index in [1.54, 1.807) is 0 Å². The first kappa shape index (κ1) is 11.0. The predicted octanol–water partition coefficient (Wildman–Crippen LogP) is -0.525. The Balaban J connectivity index is 1.62. The molecule has 0 radical (unpaired) electrons. The molecule has 0 aromatic carbocycles.